The molecule has 0 aromatic rings. The third-order valence-corrected chi connectivity index (χ3v) is 3.88. The number of piperidine rings is 1. The summed E-state index contributed by atoms with van der Waals surface area (Å²) >= 11 is 0. The monoisotopic (exact) mass is 211 g/mol. The van der Waals surface area contributed by atoms with Crippen molar-refractivity contribution in [2.75, 3.05) is 19.7 Å². The highest BCUT2D eigenvalue weighted by molar-refractivity contribution is 4.85. The highest BCUT2D eigenvalue weighted by Gasteiger charge is 2.34. The molecule has 0 saturated carbocycles. The minimum absolute atomic E-state index is 0.579. The predicted octanol–water partition coefficient (Wildman–Crippen LogP) is 2.44. The van der Waals surface area contributed by atoms with Crippen molar-refractivity contribution < 1.29 is 4.74 Å². The summed E-state index contributed by atoms with van der Waals surface area (Å²) in [5.41, 5.74) is 0. The van der Waals surface area contributed by atoms with Gasteiger partial charge < -0.3 is 10.1 Å². The van der Waals surface area contributed by atoms with Crippen LogP contribution in [0.4, 0.5) is 0 Å². The molecule has 2 rings (SSSR count). The molecule has 3 atom stereocenters. The van der Waals surface area contributed by atoms with Crippen LogP contribution < -0.4 is 5.32 Å². The van der Waals surface area contributed by atoms with E-state index in [4.69, 9.17) is 4.74 Å². The smallest absolute Gasteiger partial charge is 0.0607 e. The van der Waals surface area contributed by atoms with E-state index < -0.39 is 0 Å². The predicted molar refractivity (Wildman–Crippen MR) is 62.9 cm³/mol. The van der Waals surface area contributed by atoms with E-state index in [1.807, 2.05) is 0 Å². The first kappa shape index (κ1) is 11.4. The van der Waals surface area contributed by atoms with Gasteiger partial charge in [-0.15, -0.1) is 0 Å². The van der Waals surface area contributed by atoms with Gasteiger partial charge >= 0.3 is 0 Å². The van der Waals surface area contributed by atoms with Crippen LogP contribution in [0.25, 0.3) is 0 Å². The Kier molecular flexibility index (Phi) is 4.04. The van der Waals surface area contributed by atoms with Gasteiger partial charge in [-0.1, -0.05) is 13.8 Å². The van der Waals surface area contributed by atoms with Crippen LogP contribution in [0.5, 0.6) is 0 Å². The van der Waals surface area contributed by atoms with Crippen molar-refractivity contribution in [2.45, 2.75) is 45.6 Å². The Morgan fingerprint density at radius 1 is 1.33 bits per heavy atom. The molecule has 0 aliphatic carbocycles. The van der Waals surface area contributed by atoms with E-state index in [0.29, 0.717) is 6.10 Å². The first-order chi connectivity index (χ1) is 7.27. The molecule has 88 valence electrons. The van der Waals surface area contributed by atoms with Crippen molar-refractivity contribution in [3.63, 3.8) is 0 Å². The number of nitrogens with one attached hydrogen (secondary N) is 1. The molecule has 2 saturated heterocycles. The van der Waals surface area contributed by atoms with Gasteiger partial charge in [-0.25, -0.2) is 0 Å². The summed E-state index contributed by atoms with van der Waals surface area (Å²) in [5.74, 6) is 2.50. The molecule has 0 amide bonds. The number of ether oxygens (including phenoxy) is 1. The maximum absolute atomic E-state index is 5.88. The summed E-state index contributed by atoms with van der Waals surface area (Å²) in [5, 5.41) is 3.54. The molecule has 0 aromatic heterocycles. The van der Waals surface area contributed by atoms with Crippen molar-refractivity contribution >= 4 is 0 Å². The van der Waals surface area contributed by atoms with Gasteiger partial charge in [0.1, 0.15) is 0 Å². The number of hydrogen-bond donors (Lipinski definition) is 1. The molecule has 0 radical (unpaired) electrons. The van der Waals surface area contributed by atoms with E-state index in [2.05, 4.69) is 19.2 Å². The second kappa shape index (κ2) is 5.31. The minimum atomic E-state index is 0.579. The Morgan fingerprint density at radius 3 is 2.87 bits per heavy atom. The van der Waals surface area contributed by atoms with Crippen molar-refractivity contribution in [3.05, 3.63) is 0 Å². The molecule has 1 N–H and O–H groups in total. The fraction of sp³-hybridized carbons (Fsp3) is 1.00. The highest BCUT2D eigenvalue weighted by atomic mass is 16.5. The second-order valence-electron chi connectivity index (χ2n) is 5.60. The largest absolute Gasteiger partial charge is 0.378 e. The molecule has 2 heteroatoms. The summed E-state index contributed by atoms with van der Waals surface area (Å²) in [6.45, 7) is 8.08. The van der Waals surface area contributed by atoms with Crippen molar-refractivity contribution in [1.29, 1.82) is 0 Å². The Bertz CT molecular complexity index is 187. The minimum Gasteiger partial charge on any atom is -0.378 e. The van der Waals surface area contributed by atoms with Gasteiger partial charge in [-0.3, -0.25) is 0 Å². The average Bonchev–Trinajstić information content (AvgIpc) is 2.70. The zero-order valence-electron chi connectivity index (χ0n) is 10.2. The summed E-state index contributed by atoms with van der Waals surface area (Å²) in [4.78, 5) is 0. The first-order valence-corrected chi connectivity index (χ1v) is 6.59. The molecule has 2 fully saturated rings. The maximum Gasteiger partial charge on any atom is 0.0607 e. The van der Waals surface area contributed by atoms with Gasteiger partial charge in [-0.05, 0) is 56.5 Å². The highest BCUT2D eigenvalue weighted by Crippen LogP contribution is 2.33. The molecule has 2 aliphatic heterocycles. The van der Waals surface area contributed by atoms with Crippen LogP contribution >= 0.6 is 0 Å². The molecule has 0 spiro atoms. The zero-order valence-corrected chi connectivity index (χ0v) is 10.2. The molecule has 2 aliphatic rings. The standard InChI is InChI=1S/C13H25NO/c1-10(2)8-11-9-14-6-5-12(11)13-4-3-7-15-13/h10-14H,3-9H2,1-2H3. The lowest BCUT2D eigenvalue weighted by atomic mass is 9.77. The van der Waals surface area contributed by atoms with Gasteiger partial charge in [0.05, 0.1) is 6.10 Å². The molecule has 0 aromatic carbocycles. The fourth-order valence-electron chi connectivity index (χ4n) is 3.24. The summed E-state index contributed by atoms with van der Waals surface area (Å²) in [7, 11) is 0. The molecule has 2 heterocycles. The zero-order chi connectivity index (χ0) is 10.7. The van der Waals surface area contributed by atoms with Crippen LogP contribution in [0.15, 0.2) is 0 Å². The van der Waals surface area contributed by atoms with E-state index in [1.165, 1.54) is 38.8 Å². The van der Waals surface area contributed by atoms with Gasteiger partial charge in [0, 0.05) is 6.61 Å². The van der Waals surface area contributed by atoms with E-state index in [1.54, 1.807) is 0 Å². The molecule has 3 unspecified atom stereocenters. The van der Waals surface area contributed by atoms with Crippen LogP contribution in [-0.2, 0) is 4.74 Å². The third-order valence-electron chi connectivity index (χ3n) is 3.88. The second-order valence-corrected chi connectivity index (χ2v) is 5.60. The van der Waals surface area contributed by atoms with Crippen molar-refractivity contribution in [1.82, 2.24) is 5.32 Å². The fourth-order valence-corrected chi connectivity index (χ4v) is 3.24. The van der Waals surface area contributed by atoms with E-state index in [0.717, 1.165) is 24.4 Å². The molecule has 2 nitrogen and oxygen atoms in total. The number of rotatable bonds is 3. The van der Waals surface area contributed by atoms with Crippen LogP contribution in [0.1, 0.15) is 39.5 Å². The normalized spacial score (nSPS) is 37.4. The molecular weight excluding hydrogens is 186 g/mol. The van der Waals surface area contributed by atoms with E-state index in [9.17, 15) is 0 Å². The van der Waals surface area contributed by atoms with Crippen molar-refractivity contribution in [3.8, 4) is 0 Å². The first-order valence-electron chi connectivity index (χ1n) is 6.59. The summed E-state index contributed by atoms with van der Waals surface area (Å²) < 4.78 is 5.88. The number of hydrogen-bond acceptors (Lipinski definition) is 2. The van der Waals surface area contributed by atoms with Gasteiger partial charge in [0.25, 0.3) is 0 Å². The SMILES string of the molecule is CC(C)CC1CNCCC1C1CCCO1. The van der Waals surface area contributed by atoms with Crippen molar-refractivity contribution in [2.24, 2.45) is 17.8 Å². The molecular formula is C13H25NO. The Hall–Kier alpha value is -0.0800. The lowest BCUT2D eigenvalue weighted by Gasteiger charge is -2.36. The van der Waals surface area contributed by atoms with E-state index >= 15 is 0 Å². The lowest BCUT2D eigenvalue weighted by molar-refractivity contribution is 0.0198. The van der Waals surface area contributed by atoms with Gasteiger partial charge in [0.2, 0.25) is 0 Å². The van der Waals surface area contributed by atoms with Crippen LogP contribution in [-0.4, -0.2) is 25.8 Å². The van der Waals surface area contributed by atoms with Gasteiger partial charge in [0.15, 0.2) is 0 Å². The maximum atomic E-state index is 5.88. The Morgan fingerprint density at radius 2 is 2.20 bits per heavy atom. The average molecular weight is 211 g/mol. The van der Waals surface area contributed by atoms with Crippen LogP contribution in [0.3, 0.4) is 0 Å². The third kappa shape index (κ3) is 2.94. The van der Waals surface area contributed by atoms with Crippen LogP contribution in [0.2, 0.25) is 0 Å². The lowest BCUT2D eigenvalue weighted by Crippen LogP contribution is -2.42. The molecule has 15 heavy (non-hydrogen) atoms. The summed E-state index contributed by atoms with van der Waals surface area (Å²) in [6, 6.07) is 0. The summed E-state index contributed by atoms with van der Waals surface area (Å²) in [6.07, 6.45) is 5.85. The van der Waals surface area contributed by atoms with E-state index in [-0.39, 0.29) is 0 Å². The van der Waals surface area contributed by atoms with Gasteiger partial charge in [-0.2, -0.15) is 0 Å². The topological polar surface area (TPSA) is 21.3 Å². The Balaban J connectivity index is 1.92. The Labute approximate surface area is 93.8 Å². The van der Waals surface area contributed by atoms with Crippen LogP contribution in [0, 0.1) is 17.8 Å². The molecule has 0 bridgehead atoms. The quantitative estimate of drug-likeness (QED) is 0.774.